The summed E-state index contributed by atoms with van der Waals surface area (Å²) in [4.78, 5) is 4.32. The molecular formula is C13H15ClN2O2S. The Bertz CT molecular complexity index is 559. The van der Waals surface area contributed by atoms with Crippen LogP contribution in [0.4, 0.5) is 0 Å². The minimum atomic E-state index is 0.0393. The lowest BCUT2D eigenvalue weighted by atomic mass is 10.2. The number of aromatic nitrogens is 2. The van der Waals surface area contributed by atoms with E-state index in [1.165, 1.54) is 6.07 Å². The lowest BCUT2D eigenvalue weighted by Gasteiger charge is -2.04. The summed E-state index contributed by atoms with van der Waals surface area (Å²) in [5.74, 6) is 1.85. The molecule has 19 heavy (non-hydrogen) atoms. The quantitative estimate of drug-likeness (QED) is 0.899. The number of benzene rings is 1. The molecule has 2 rings (SSSR count). The number of thioether (sulfide) groups is 1. The molecule has 0 aliphatic heterocycles. The van der Waals surface area contributed by atoms with Crippen LogP contribution < -0.4 is 0 Å². The minimum absolute atomic E-state index is 0.0393. The molecule has 0 radical (unpaired) electrons. The smallest absolute Gasteiger partial charge is 0.258 e. The monoisotopic (exact) mass is 298 g/mol. The van der Waals surface area contributed by atoms with Gasteiger partial charge >= 0.3 is 0 Å². The predicted molar refractivity (Wildman–Crippen MR) is 77.5 cm³/mol. The zero-order chi connectivity index (χ0) is 13.8. The normalized spacial score (nSPS) is 12.6. The summed E-state index contributed by atoms with van der Waals surface area (Å²) in [5, 5.41) is 14.1. The Labute approximate surface area is 121 Å². The van der Waals surface area contributed by atoms with E-state index in [1.807, 2.05) is 0 Å². The maximum absolute atomic E-state index is 9.37. The maximum atomic E-state index is 9.37. The van der Waals surface area contributed by atoms with E-state index in [2.05, 4.69) is 24.0 Å². The molecule has 0 bridgehead atoms. The molecule has 0 amide bonds. The van der Waals surface area contributed by atoms with Crippen LogP contribution in [-0.4, -0.2) is 20.5 Å². The van der Waals surface area contributed by atoms with Crippen molar-refractivity contribution < 1.29 is 9.63 Å². The molecule has 1 aromatic carbocycles. The van der Waals surface area contributed by atoms with Gasteiger partial charge in [0.25, 0.3) is 5.89 Å². The number of phenolic OH excluding ortho intramolecular Hbond substituents is 1. The van der Waals surface area contributed by atoms with Crippen LogP contribution in [0.15, 0.2) is 22.7 Å². The summed E-state index contributed by atoms with van der Waals surface area (Å²) in [7, 11) is 0. The number of phenols is 1. The second-order valence-corrected chi connectivity index (χ2v) is 6.05. The molecular weight excluding hydrogens is 284 g/mol. The summed E-state index contributed by atoms with van der Waals surface area (Å²) in [6.07, 6.45) is 1.11. The van der Waals surface area contributed by atoms with Crippen molar-refractivity contribution in [3.05, 3.63) is 29.0 Å². The van der Waals surface area contributed by atoms with Gasteiger partial charge < -0.3 is 9.63 Å². The van der Waals surface area contributed by atoms with E-state index in [4.69, 9.17) is 16.1 Å². The Morgan fingerprint density at radius 1 is 1.47 bits per heavy atom. The van der Waals surface area contributed by atoms with Crippen molar-refractivity contribution in [1.82, 2.24) is 10.1 Å². The number of hydrogen-bond donors (Lipinski definition) is 1. The van der Waals surface area contributed by atoms with Gasteiger partial charge in [-0.2, -0.15) is 16.7 Å². The average molecular weight is 299 g/mol. The van der Waals surface area contributed by atoms with Gasteiger partial charge in [-0.05, 0) is 24.6 Å². The highest BCUT2D eigenvalue weighted by molar-refractivity contribution is 7.99. The molecule has 1 N–H and O–H groups in total. The van der Waals surface area contributed by atoms with Crippen LogP contribution in [0.3, 0.4) is 0 Å². The molecule has 1 aromatic heterocycles. The molecule has 1 heterocycles. The van der Waals surface area contributed by atoms with Crippen LogP contribution in [0.2, 0.25) is 5.02 Å². The molecule has 0 aliphatic rings. The van der Waals surface area contributed by atoms with E-state index in [9.17, 15) is 5.11 Å². The number of hydrogen-bond acceptors (Lipinski definition) is 5. The maximum Gasteiger partial charge on any atom is 0.258 e. The summed E-state index contributed by atoms with van der Waals surface area (Å²) < 4.78 is 5.20. The first-order valence-corrected chi connectivity index (χ1v) is 7.46. The minimum Gasteiger partial charge on any atom is -0.506 e. The fraction of sp³-hybridized carbons (Fsp3) is 0.385. The number of aromatic hydroxyl groups is 1. The molecule has 0 fully saturated rings. The van der Waals surface area contributed by atoms with Gasteiger partial charge in [0.05, 0.1) is 10.8 Å². The number of rotatable bonds is 5. The standard InChI is InChI=1S/C13H15ClN2O2S/c1-3-8(2)19-7-12-15-13(18-16-12)9-4-5-11(17)10(14)6-9/h4-6,8,17H,3,7H2,1-2H3. The van der Waals surface area contributed by atoms with Crippen LogP contribution in [0, 0.1) is 0 Å². The van der Waals surface area contributed by atoms with E-state index in [0.29, 0.717) is 22.5 Å². The van der Waals surface area contributed by atoms with Crippen molar-refractivity contribution in [3.8, 4) is 17.2 Å². The highest BCUT2D eigenvalue weighted by atomic mass is 35.5. The van der Waals surface area contributed by atoms with E-state index in [-0.39, 0.29) is 10.8 Å². The molecule has 0 aliphatic carbocycles. The van der Waals surface area contributed by atoms with Crippen molar-refractivity contribution in [1.29, 1.82) is 0 Å². The van der Waals surface area contributed by atoms with Gasteiger partial charge in [-0.1, -0.05) is 30.6 Å². The first-order valence-electron chi connectivity index (χ1n) is 6.03. The molecule has 0 saturated heterocycles. The molecule has 2 aromatic rings. The molecule has 0 saturated carbocycles. The van der Waals surface area contributed by atoms with E-state index >= 15 is 0 Å². The lowest BCUT2D eigenvalue weighted by Crippen LogP contribution is -1.94. The van der Waals surface area contributed by atoms with Crippen LogP contribution in [-0.2, 0) is 5.75 Å². The summed E-state index contributed by atoms with van der Waals surface area (Å²) in [6.45, 7) is 4.32. The van der Waals surface area contributed by atoms with Crippen molar-refractivity contribution in [3.63, 3.8) is 0 Å². The molecule has 1 unspecified atom stereocenters. The topological polar surface area (TPSA) is 59.2 Å². The number of halogens is 1. The highest BCUT2D eigenvalue weighted by Gasteiger charge is 2.11. The molecule has 6 heteroatoms. The van der Waals surface area contributed by atoms with Gasteiger partial charge in [-0.25, -0.2) is 0 Å². The van der Waals surface area contributed by atoms with Gasteiger partial charge in [-0.15, -0.1) is 0 Å². The van der Waals surface area contributed by atoms with E-state index in [1.54, 1.807) is 23.9 Å². The Hall–Kier alpha value is -1.20. The molecule has 102 valence electrons. The Morgan fingerprint density at radius 3 is 2.95 bits per heavy atom. The van der Waals surface area contributed by atoms with Crippen molar-refractivity contribution in [2.45, 2.75) is 31.3 Å². The van der Waals surface area contributed by atoms with Gasteiger partial charge in [0.1, 0.15) is 5.75 Å². The highest BCUT2D eigenvalue weighted by Crippen LogP contribution is 2.29. The second kappa shape index (κ2) is 6.30. The van der Waals surface area contributed by atoms with Crippen LogP contribution in [0.5, 0.6) is 5.75 Å². The summed E-state index contributed by atoms with van der Waals surface area (Å²) >= 11 is 7.64. The van der Waals surface area contributed by atoms with Crippen LogP contribution in [0.1, 0.15) is 26.1 Å². The molecule has 1 atom stereocenters. The Balaban J connectivity index is 2.09. The third-order valence-electron chi connectivity index (χ3n) is 2.73. The summed E-state index contributed by atoms with van der Waals surface area (Å²) in [5.41, 5.74) is 0.704. The van der Waals surface area contributed by atoms with Crippen molar-refractivity contribution in [2.24, 2.45) is 0 Å². The largest absolute Gasteiger partial charge is 0.506 e. The first kappa shape index (κ1) is 14.2. The van der Waals surface area contributed by atoms with Gasteiger partial charge in [0.15, 0.2) is 5.82 Å². The van der Waals surface area contributed by atoms with Gasteiger partial charge in [0, 0.05) is 10.8 Å². The zero-order valence-corrected chi connectivity index (χ0v) is 12.3. The first-order chi connectivity index (χ1) is 9.10. The Morgan fingerprint density at radius 2 is 2.26 bits per heavy atom. The second-order valence-electron chi connectivity index (χ2n) is 4.21. The SMILES string of the molecule is CCC(C)SCc1noc(-c2ccc(O)c(Cl)c2)n1. The van der Waals surface area contributed by atoms with E-state index < -0.39 is 0 Å². The third kappa shape index (κ3) is 3.64. The van der Waals surface area contributed by atoms with Crippen LogP contribution >= 0.6 is 23.4 Å². The molecule has 4 nitrogen and oxygen atoms in total. The van der Waals surface area contributed by atoms with Gasteiger partial charge in [-0.3, -0.25) is 0 Å². The van der Waals surface area contributed by atoms with Crippen molar-refractivity contribution >= 4 is 23.4 Å². The summed E-state index contributed by atoms with van der Waals surface area (Å²) in [6, 6.07) is 4.81. The third-order valence-corrected chi connectivity index (χ3v) is 4.36. The molecule has 0 spiro atoms. The fourth-order valence-corrected chi connectivity index (χ4v) is 2.37. The lowest BCUT2D eigenvalue weighted by molar-refractivity contribution is 0.425. The predicted octanol–water partition coefficient (Wildman–Crippen LogP) is 4.13. The fourth-order valence-electron chi connectivity index (χ4n) is 1.40. The van der Waals surface area contributed by atoms with Gasteiger partial charge in [0.2, 0.25) is 0 Å². The van der Waals surface area contributed by atoms with Crippen molar-refractivity contribution in [2.75, 3.05) is 0 Å². The Kier molecular flexibility index (Phi) is 4.71. The number of nitrogens with zero attached hydrogens (tertiary/aromatic N) is 2. The zero-order valence-electron chi connectivity index (χ0n) is 10.8. The van der Waals surface area contributed by atoms with Crippen LogP contribution in [0.25, 0.3) is 11.5 Å². The van der Waals surface area contributed by atoms with E-state index in [0.717, 1.165) is 12.2 Å². The average Bonchev–Trinajstić information content (AvgIpc) is 2.88.